The number of rotatable bonds is 5. The van der Waals surface area contributed by atoms with Crippen LogP contribution < -0.4 is 16.2 Å². The van der Waals surface area contributed by atoms with Crippen LogP contribution in [0.15, 0.2) is 30.3 Å². The first-order valence-corrected chi connectivity index (χ1v) is 6.86. The van der Waals surface area contributed by atoms with Crippen LogP contribution >= 0.6 is 0 Å². The largest absolute Gasteiger partial charge is 0.326 e. The molecular formula is C15H21N5. The number of nitrogens with zero attached hydrogens (tertiary/aromatic N) is 3. The van der Waals surface area contributed by atoms with E-state index in [0.717, 1.165) is 30.3 Å². The van der Waals surface area contributed by atoms with E-state index in [9.17, 15) is 0 Å². The van der Waals surface area contributed by atoms with Gasteiger partial charge in [0.1, 0.15) is 17.5 Å². The standard InChI is InChI=1S/C15H21N5/c1-4-13-17-14(19-16)10-15(18-13)20(5-2)12-8-6-11(3)7-9-12/h6-10H,4-5,16H2,1-3H3,(H,17,18,19). The van der Waals surface area contributed by atoms with E-state index in [1.165, 1.54) is 5.56 Å². The van der Waals surface area contributed by atoms with Crippen LogP contribution in [0, 0.1) is 6.92 Å². The molecule has 0 fully saturated rings. The summed E-state index contributed by atoms with van der Waals surface area (Å²) in [7, 11) is 0. The lowest BCUT2D eigenvalue weighted by atomic mass is 10.2. The summed E-state index contributed by atoms with van der Waals surface area (Å²) < 4.78 is 0. The minimum Gasteiger partial charge on any atom is -0.326 e. The van der Waals surface area contributed by atoms with E-state index >= 15 is 0 Å². The van der Waals surface area contributed by atoms with E-state index in [-0.39, 0.29) is 0 Å². The predicted molar refractivity (Wildman–Crippen MR) is 83.1 cm³/mol. The van der Waals surface area contributed by atoms with Gasteiger partial charge in [-0.3, -0.25) is 0 Å². The molecular weight excluding hydrogens is 250 g/mol. The molecule has 1 heterocycles. The first-order chi connectivity index (χ1) is 9.67. The van der Waals surface area contributed by atoms with Gasteiger partial charge in [0.15, 0.2) is 0 Å². The molecule has 2 aromatic rings. The topological polar surface area (TPSA) is 67.1 Å². The Labute approximate surface area is 119 Å². The molecule has 20 heavy (non-hydrogen) atoms. The lowest BCUT2D eigenvalue weighted by Gasteiger charge is -2.23. The molecule has 0 bridgehead atoms. The van der Waals surface area contributed by atoms with Crippen molar-refractivity contribution >= 4 is 17.3 Å². The van der Waals surface area contributed by atoms with Gasteiger partial charge in [0.05, 0.1) is 0 Å². The quantitative estimate of drug-likeness (QED) is 0.646. The van der Waals surface area contributed by atoms with Crippen molar-refractivity contribution in [1.29, 1.82) is 0 Å². The van der Waals surface area contributed by atoms with Gasteiger partial charge >= 0.3 is 0 Å². The molecule has 0 unspecified atom stereocenters. The molecule has 0 aliphatic carbocycles. The highest BCUT2D eigenvalue weighted by molar-refractivity contribution is 5.62. The molecule has 5 heteroatoms. The van der Waals surface area contributed by atoms with Crippen molar-refractivity contribution in [2.75, 3.05) is 16.9 Å². The Morgan fingerprint density at radius 2 is 1.85 bits per heavy atom. The molecule has 0 aliphatic rings. The van der Waals surface area contributed by atoms with Crippen molar-refractivity contribution in [2.24, 2.45) is 5.84 Å². The fourth-order valence-corrected chi connectivity index (χ4v) is 2.05. The van der Waals surface area contributed by atoms with Crippen LogP contribution in [0.5, 0.6) is 0 Å². The Kier molecular flexibility index (Phi) is 4.53. The number of aryl methyl sites for hydroxylation is 2. The first-order valence-electron chi connectivity index (χ1n) is 6.86. The van der Waals surface area contributed by atoms with Gasteiger partial charge in [-0.2, -0.15) is 0 Å². The van der Waals surface area contributed by atoms with Gasteiger partial charge < -0.3 is 10.3 Å². The first kappa shape index (κ1) is 14.3. The van der Waals surface area contributed by atoms with E-state index in [2.05, 4.69) is 58.4 Å². The lowest BCUT2D eigenvalue weighted by molar-refractivity contribution is 0.902. The summed E-state index contributed by atoms with van der Waals surface area (Å²) in [5.41, 5.74) is 4.96. The minimum absolute atomic E-state index is 0.636. The van der Waals surface area contributed by atoms with E-state index in [1.807, 2.05) is 13.0 Å². The van der Waals surface area contributed by atoms with Crippen molar-refractivity contribution < 1.29 is 0 Å². The summed E-state index contributed by atoms with van der Waals surface area (Å²) in [5.74, 6) is 7.76. The third-order valence-corrected chi connectivity index (χ3v) is 3.16. The van der Waals surface area contributed by atoms with Gasteiger partial charge in [-0.25, -0.2) is 15.8 Å². The minimum atomic E-state index is 0.636. The van der Waals surface area contributed by atoms with E-state index < -0.39 is 0 Å². The van der Waals surface area contributed by atoms with E-state index in [0.29, 0.717) is 5.82 Å². The summed E-state index contributed by atoms with van der Waals surface area (Å²) in [4.78, 5) is 11.1. The number of nitrogens with one attached hydrogen (secondary N) is 1. The fourth-order valence-electron chi connectivity index (χ4n) is 2.05. The monoisotopic (exact) mass is 271 g/mol. The lowest BCUT2D eigenvalue weighted by Crippen LogP contribution is -2.19. The highest BCUT2D eigenvalue weighted by Crippen LogP contribution is 2.25. The number of hydrogen-bond donors (Lipinski definition) is 2. The van der Waals surface area contributed by atoms with Gasteiger partial charge in [-0.1, -0.05) is 24.6 Å². The molecule has 1 aromatic heterocycles. The Balaban J connectivity index is 2.42. The molecule has 0 spiro atoms. The normalized spacial score (nSPS) is 10.4. The van der Waals surface area contributed by atoms with Gasteiger partial charge in [0, 0.05) is 24.7 Å². The molecule has 0 aliphatic heterocycles. The van der Waals surface area contributed by atoms with Crippen LogP contribution in [-0.2, 0) is 6.42 Å². The molecule has 0 saturated carbocycles. The Bertz CT molecular complexity index is 543. The number of hydrazine groups is 1. The van der Waals surface area contributed by atoms with Crippen LogP contribution in [0.25, 0.3) is 0 Å². The molecule has 0 amide bonds. The summed E-state index contributed by atoms with van der Waals surface area (Å²) >= 11 is 0. The van der Waals surface area contributed by atoms with Gasteiger partial charge in [0.25, 0.3) is 0 Å². The smallest absolute Gasteiger partial charge is 0.145 e. The van der Waals surface area contributed by atoms with Crippen LogP contribution in [-0.4, -0.2) is 16.5 Å². The third kappa shape index (κ3) is 3.05. The van der Waals surface area contributed by atoms with Gasteiger partial charge in [0.2, 0.25) is 0 Å². The molecule has 5 nitrogen and oxygen atoms in total. The van der Waals surface area contributed by atoms with Gasteiger partial charge in [-0.05, 0) is 26.0 Å². The number of nitrogens with two attached hydrogens (primary N) is 1. The Morgan fingerprint density at radius 1 is 1.15 bits per heavy atom. The maximum atomic E-state index is 5.48. The SMILES string of the molecule is CCc1nc(NN)cc(N(CC)c2ccc(C)cc2)n1. The second kappa shape index (κ2) is 6.34. The molecule has 0 atom stereocenters. The number of nitrogen functional groups attached to an aromatic ring is 1. The fraction of sp³-hybridized carbons (Fsp3) is 0.333. The molecule has 3 N–H and O–H groups in total. The summed E-state index contributed by atoms with van der Waals surface area (Å²) in [5, 5.41) is 0. The van der Waals surface area contributed by atoms with E-state index in [4.69, 9.17) is 5.84 Å². The summed E-state index contributed by atoms with van der Waals surface area (Å²) in [6, 6.07) is 10.3. The Hall–Kier alpha value is -2.14. The molecule has 0 saturated heterocycles. The average Bonchev–Trinajstić information content (AvgIpc) is 2.49. The summed E-state index contributed by atoms with van der Waals surface area (Å²) in [6.45, 7) is 7.04. The summed E-state index contributed by atoms with van der Waals surface area (Å²) in [6.07, 6.45) is 0.772. The third-order valence-electron chi connectivity index (χ3n) is 3.16. The van der Waals surface area contributed by atoms with Crippen LogP contribution in [0.2, 0.25) is 0 Å². The predicted octanol–water partition coefficient (Wildman–Crippen LogP) is 2.79. The number of anilines is 3. The van der Waals surface area contributed by atoms with Crippen molar-refractivity contribution in [2.45, 2.75) is 27.2 Å². The molecule has 1 aromatic carbocycles. The molecule has 0 radical (unpaired) electrons. The zero-order valence-corrected chi connectivity index (χ0v) is 12.2. The highest BCUT2D eigenvalue weighted by atomic mass is 15.3. The van der Waals surface area contributed by atoms with Crippen molar-refractivity contribution in [3.63, 3.8) is 0 Å². The zero-order valence-electron chi connectivity index (χ0n) is 12.2. The Morgan fingerprint density at radius 3 is 2.40 bits per heavy atom. The van der Waals surface area contributed by atoms with Crippen molar-refractivity contribution in [3.8, 4) is 0 Å². The molecule has 106 valence electrons. The van der Waals surface area contributed by atoms with Crippen LogP contribution in [0.4, 0.5) is 17.3 Å². The maximum absolute atomic E-state index is 5.48. The van der Waals surface area contributed by atoms with Gasteiger partial charge in [-0.15, -0.1) is 0 Å². The number of hydrogen-bond acceptors (Lipinski definition) is 5. The number of aromatic nitrogens is 2. The van der Waals surface area contributed by atoms with Crippen molar-refractivity contribution in [1.82, 2.24) is 9.97 Å². The van der Waals surface area contributed by atoms with Crippen molar-refractivity contribution in [3.05, 3.63) is 41.7 Å². The van der Waals surface area contributed by atoms with Crippen LogP contribution in [0.1, 0.15) is 25.2 Å². The maximum Gasteiger partial charge on any atom is 0.145 e. The van der Waals surface area contributed by atoms with Crippen LogP contribution in [0.3, 0.4) is 0 Å². The molecule has 2 rings (SSSR count). The van der Waals surface area contributed by atoms with E-state index in [1.54, 1.807) is 0 Å². The number of benzene rings is 1. The highest BCUT2D eigenvalue weighted by Gasteiger charge is 2.11. The second-order valence-corrected chi connectivity index (χ2v) is 4.61. The average molecular weight is 271 g/mol. The second-order valence-electron chi connectivity index (χ2n) is 4.61. The zero-order chi connectivity index (χ0) is 14.5.